The first-order chi connectivity index (χ1) is 13.9. The zero-order valence-electron chi connectivity index (χ0n) is 12.7. The summed E-state index contributed by atoms with van der Waals surface area (Å²) in [5.41, 5.74) is 0. The Morgan fingerprint density at radius 2 is 0.464 bits per heavy atom. The molecule has 0 saturated heterocycles. The van der Waals surface area contributed by atoms with E-state index in [2.05, 4.69) is 17.3 Å². The van der Waals surface area contributed by atoms with Gasteiger partial charge in [0.05, 0.1) is 0 Å². The van der Waals surface area contributed by atoms with Gasteiger partial charge in [-0.15, -0.1) is 0 Å². The predicted octanol–water partition coefficient (Wildman–Crippen LogP) is 23.6. The van der Waals surface area contributed by atoms with E-state index in [0.717, 1.165) is 0 Å². The van der Waals surface area contributed by atoms with Gasteiger partial charge in [-0.25, -0.2) is 0 Å². The smallest absolute Gasteiger partial charge is 0.0774 e. The second kappa shape index (κ2) is 35.8. The van der Waals surface area contributed by atoms with Gasteiger partial charge in [-0.1, -0.05) is 8.93 Å². The van der Waals surface area contributed by atoms with Crippen LogP contribution in [0.2, 0.25) is 0 Å². The summed E-state index contributed by atoms with van der Waals surface area (Å²) in [6.45, 7) is 1.21. The van der Waals surface area contributed by atoms with E-state index in [1.54, 1.807) is 159 Å². The molecule has 0 bridgehead atoms. The van der Waals surface area contributed by atoms with Crippen molar-refractivity contribution in [1.29, 1.82) is 0 Å². The van der Waals surface area contributed by atoms with E-state index < -0.39 is 0 Å². The molecule has 0 aromatic heterocycles. The molecular formula is H2P28. The summed E-state index contributed by atoms with van der Waals surface area (Å²) in [5.74, 6) is 0. The van der Waals surface area contributed by atoms with E-state index in [9.17, 15) is 0 Å². The molecule has 0 N–H and O–H groups in total. The van der Waals surface area contributed by atoms with Gasteiger partial charge >= 0.3 is 106 Å². The van der Waals surface area contributed by atoms with Crippen molar-refractivity contribution in [3.05, 3.63) is 0 Å². The Labute approximate surface area is 210 Å². The topological polar surface area (TPSA) is 0 Å². The third-order valence-electron chi connectivity index (χ3n) is 1.01. The Morgan fingerprint density at radius 1 is 0.286 bits per heavy atom. The van der Waals surface area contributed by atoms with E-state index in [1.807, 2.05) is 0 Å². The van der Waals surface area contributed by atoms with Gasteiger partial charge in [0.25, 0.3) is 0 Å². The van der Waals surface area contributed by atoms with Crippen LogP contribution in [-0.4, -0.2) is 0 Å². The zero-order chi connectivity index (χ0) is 20.4. The molecule has 0 saturated carbocycles. The molecule has 1 unspecified atom stereocenters. The summed E-state index contributed by atoms with van der Waals surface area (Å²) in [6, 6.07) is 0. The van der Waals surface area contributed by atoms with Crippen molar-refractivity contribution < 1.29 is 0 Å². The van der Waals surface area contributed by atoms with Gasteiger partial charge < -0.3 is 0 Å². The number of rotatable bonds is 12. The van der Waals surface area contributed by atoms with Gasteiger partial charge in [-0.05, 0) is 68.0 Å². The fourth-order valence-corrected chi connectivity index (χ4v) is 106. The molecule has 0 fully saturated rings. The molecule has 0 amide bonds. The van der Waals surface area contributed by atoms with E-state index in [4.69, 9.17) is 0 Å². The minimum atomic E-state index is 1.21. The molecule has 0 radical (unpaired) electrons. The van der Waals surface area contributed by atoms with Gasteiger partial charge in [0.2, 0.25) is 0 Å². The third-order valence-corrected chi connectivity index (χ3v) is 81.9. The van der Waals surface area contributed by atoms with Crippen LogP contribution in [0.15, 0.2) is 0 Å². The maximum atomic E-state index is 4.20. The van der Waals surface area contributed by atoms with E-state index in [-0.39, 0.29) is 0 Å². The monoisotopic (exact) mass is 869 g/mol. The molecule has 0 nitrogen and oxygen atoms in total. The summed E-state index contributed by atoms with van der Waals surface area (Å²) in [6.07, 6.45) is 0. The molecule has 0 aliphatic heterocycles. The predicted molar refractivity (Wildman–Crippen MR) is 197 cm³/mol. The minimum absolute atomic E-state index is 1.21. The summed E-state index contributed by atoms with van der Waals surface area (Å²) < 4.78 is 0. The molecule has 0 aromatic rings. The molecule has 0 heterocycles. The fourth-order valence-electron chi connectivity index (χ4n) is 0.435. The Kier molecular flexibility index (Phi) is 47.0. The zero-order valence-corrected chi connectivity index (χ0v) is 38.0. The molecule has 28 heteroatoms. The average Bonchev–Trinajstić information content (AvgIpc) is 2.71. The fraction of sp³-hybridized carbons (Fsp3) is 0. The van der Waals surface area contributed by atoms with Crippen LogP contribution in [0.25, 0.3) is 0 Å². The van der Waals surface area contributed by atoms with Crippen LogP contribution >= 0.6 is 213 Å². The first-order valence-corrected chi connectivity index (χ1v) is 49.1. The van der Waals surface area contributed by atoms with Crippen LogP contribution in [0.1, 0.15) is 0 Å². The summed E-state index contributed by atoms with van der Waals surface area (Å²) in [4.78, 5) is 0. The van der Waals surface area contributed by atoms with Crippen LogP contribution in [0.5, 0.6) is 0 Å². The van der Waals surface area contributed by atoms with Crippen molar-refractivity contribution in [1.82, 2.24) is 0 Å². The van der Waals surface area contributed by atoms with Crippen LogP contribution < -0.4 is 0 Å². The van der Waals surface area contributed by atoms with Crippen LogP contribution in [0.4, 0.5) is 0 Å². The maximum absolute atomic E-state index is 4.20. The summed E-state index contributed by atoms with van der Waals surface area (Å²) in [5, 5.41) is 0. The summed E-state index contributed by atoms with van der Waals surface area (Å²) in [7, 11) is 46.2. The first-order valence-electron chi connectivity index (χ1n) is 5.46. The average molecular weight is 869 g/mol. The standard InChI is InChI=1S/H2P28/c1-3-5-7-9-11-13-15-17-19-21-23-25-27-28-26-24-22-20-18-16-14-12-10-8-6-4-2/h1H2. The Balaban J connectivity index is 3.96. The first kappa shape index (κ1) is 36.8. The molecule has 28 heavy (non-hydrogen) atoms. The van der Waals surface area contributed by atoms with Gasteiger partial charge in [-0.3, -0.25) is 0 Å². The SMILES string of the molecule is P#P=P\P=P/P=P\P=P/P=P\P=P/P=P\P=P/P=P\P=P/P=P\P=P/P=P\P. The van der Waals surface area contributed by atoms with E-state index >= 15 is 0 Å². The quantitative estimate of drug-likeness (QED) is 0.171. The van der Waals surface area contributed by atoms with Gasteiger partial charge in [0, 0.05) is 30.2 Å². The van der Waals surface area contributed by atoms with Crippen molar-refractivity contribution in [2.24, 2.45) is 0 Å². The van der Waals surface area contributed by atoms with Gasteiger partial charge in [-0.2, -0.15) is 0 Å². The van der Waals surface area contributed by atoms with Crippen molar-refractivity contribution in [2.75, 3.05) is 0 Å². The summed E-state index contributed by atoms with van der Waals surface area (Å²) >= 11 is 0. The van der Waals surface area contributed by atoms with Crippen molar-refractivity contribution in [2.45, 2.75) is 0 Å². The number of hydrogen-bond acceptors (Lipinski definition) is 0. The number of hydrogen-bond donors (Lipinski definition) is 0. The van der Waals surface area contributed by atoms with E-state index in [1.165, 1.54) is 37.2 Å². The molecule has 0 aliphatic rings. The van der Waals surface area contributed by atoms with Crippen LogP contribution in [0.3, 0.4) is 0 Å². The van der Waals surface area contributed by atoms with Gasteiger partial charge in [0.15, 0.2) is 0 Å². The van der Waals surface area contributed by atoms with Crippen molar-refractivity contribution in [3.8, 4) is 0 Å². The molecule has 0 aromatic carbocycles. The normalized spacial score (nSPS) is 14.7. The van der Waals surface area contributed by atoms with Gasteiger partial charge in [0.1, 0.15) is 0 Å². The second-order valence-electron chi connectivity index (χ2n) is 2.35. The molecule has 1 atom stereocenters. The van der Waals surface area contributed by atoms with Crippen molar-refractivity contribution >= 4 is 213 Å². The minimum Gasteiger partial charge on any atom is -0.0774 e. The van der Waals surface area contributed by atoms with E-state index in [0.29, 0.717) is 0 Å². The Hall–Kier alpha value is 8.79. The molecule has 0 spiro atoms. The second-order valence-corrected chi connectivity index (χ2v) is 63.5. The van der Waals surface area contributed by atoms with Crippen molar-refractivity contribution in [3.63, 3.8) is 0 Å². The van der Waals surface area contributed by atoms with Crippen LogP contribution in [0, 0.1) is 0 Å². The molecule has 142 valence electrons. The Bertz CT molecular complexity index is 818. The molecule has 0 aliphatic carbocycles. The van der Waals surface area contributed by atoms with Crippen LogP contribution in [-0.2, 0) is 0 Å². The Morgan fingerprint density at radius 3 is 0.643 bits per heavy atom. The molecule has 0 rings (SSSR count). The molecular weight excluding hydrogens is 867 g/mol. The third kappa shape index (κ3) is 34.8.